The van der Waals surface area contributed by atoms with E-state index < -0.39 is 0 Å². The van der Waals surface area contributed by atoms with Crippen molar-refractivity contribution < 1.29 is 0 Å². The molecular weight excluding hydrogens is 286 g/mol. The fraction of sp³-hybridized carbons (Fsp3) is 0.389. The average Bonchev–Trinajstić information content (AvgIpc) is 2.90. The highest BCUT2D eigenvalue weighted by atomic mass is 15.3. The molecule has 23 heavy (non-hydrogen) atoms. The van der Waals surface area contributed by atoms with E-state index in [0.29, 0.717) is 5.92 Å². The maximum absolute atomic E-state index is 4.57. The van der Waals surface area contributed by atoms with Crippen molar-refractivity contribution in [2.24, 2.45) is 0 Å². The number of rotatable bonds is 4. The van der Waals surface area contributed by atoms with Gasteiger partial charge in [0, 0.05) is 13.1 Å². The van der Waals surface area contributed by atoms with Crippen molar-refractivity contribution >= 4 is 17.0 Å². The van der Waals surface area contributed by atoms with E-state index in [1.165, 1.54) is 17.5 Å². The molecule has 2 aromatic heterocycles. The lowest BCUT2D eigenvalue weighted by molar-refractivity contribution is 0.611. The van der Waals surface area contributed by atoms with Crippen LogP contribution in [0.4, 0.5) is 5.82 Å². The molecule has 0 amide bonds. The molecule has 0 atom stereocenters. The third-order valence-corrected chi connectivity index (χ3v) is 4.51. The summed E-state index contributed by atoms with van der Waals surface area (Å²) in [5.74, 6) is 1.51. The van der Waals surface area contributed by atoms with E-state index in [1.54, 1.807) is 6.33 Å². The average molecular weight is 307 g/mol. The van der Waals surface area contributed by atoms with Crippen molar-refractivity contribution in [2.45, 2.75) is 32.7 Å². The van der Waals surface area contributed by atoms with Crippen LogP contribution in [0.15, 0.2) is 36.9 Å². The number of hydrogen-bond donors (Lipinski definition) is 0. The topological polar surface area (TPSA) is 46.8 Å². The molecule has 0 radical (unpaired) electrons. The van der Waals surface area contributed by atoms with E-state index in [-0.39, 0.29) is 0 Å². The molecule has 118 valence electrons. The van der Waals surface area contributed by atoms with E-state index in [4.69, 9.17) is 0 Å². The molecule has 1 aliphatic heterocycles. The van der Waals surface area contributed by atoms with Crippen LogP contribution in [0, 0.1) is 0 Å². The van der Waals surface area contributed by atoms with Crippen LogP contribution in [0.2, 0.25) is 0 Å². The minimum Gasteiger partial charge on any atom is -0.355 e. The second kappa shape index (κ2) is 5.65. The zero-order chi connectivity index (χ0) is 15.8. The molecule has 0 N–H and O–H groups in total. The van der Waals surface area contributed by atoms with Gasteiger partial charge in [-0.05, 0) is 23.5 Å². The number of anilines is 1. The molecule has 0 unspecified atom stereocenters. The Kier molecular flexibility index (Phi) is 3.48. The first kappa shape index (κ1) is 14.2. The Labute approximate surface area is 136 Å². The lowest BCUT2D eigenvalue weighted by atomic mass is 10.0. The highest BCUT2D eigenvalue weighted by molar-refractivity contribution is 5.83. The zero-order valence-electron chi connectivity index (χ0n) is 13.6. The normalized spacial score (nSPS) is 14.5. The number of nitrogens with zero attached hydrogens (tertiary/aromatic N) is 5. The zero-order valence-corrected chi connectivity index (χ0v) is 13.6. The maximum atomic E-state index is 4.57. The molecule has 5 nitrogen and oxygen atoms in total. The summed E-state index contributed by atoms with van der Waals surface area (Å²) >= 11 is 0. The molecule has 4 rings (SSSR count). The van der Waals surface area contributed by atoms with Gasteiger partial charge in [0.05, 0.1) is 12.9 Å². The Morgan fingerprint density at radius 3 is 2.74 bits per heavy atom. The lowest BCUT2D eigenvalue weighted by Gasteiger charge is -2.31. The first-order valence-electron chi connectivity index (χ1n) is 8.22. The van der Waals surface area contributed by atoms with E-state index in [1.807, 2.05) is 6.33 Å². The molecule has 3 aromatic rings. The Morgan fingerprint density at radius 1 is 1.13 bits per heavy atom. The molecule has 0 spiro atoms. The van der Waals surface area contributed by atoms with Gasteiger partial charge in [-0.25, -0.2) is 15.0 Å². The van der Waals surface area contributed by atoms with Crippen LogP contribution in [-0.4, -0.2) is 32.6 Å². The van der Waals surface area contributed by atoms with E-state index >= 15 is 0 Å². The van der Waals surface area contributed by atoms with Gasteiger partial charge in [0.1, 0.15) is 6.33 Å². The largest absolute Gasteiger partial charge is 0.355 e. The van der Waals surface area contributed by atoms with Crippen molar-refractivity contribution in [3.8, 4) is 0 Å². The first-order valence-corrected chi connectivity index (χ1v) is 8.22. The second-order valence-electron chi connectivity index (χ2n) is 6.48. The molecule has 1 fully saturated rings. The third-order valence-electron chi connectivity index (χ3n) is 4.51. The molecule has 0 saturated carbocycles. The van der Waals surface area contributed by atoms with Crippen LogP contribution >= 0.6 is 0 Å². The Morgan fingerprint density at radius 2 is 2.00 bits per heavy atom. The standard InChI is InChI=1S/C18H21N5/c1-13(2)15-6-3-5-14(9-15)10-23-12-21-16-17(22-7-4-8-22)19-11-20-18(16)23/h3,5-6,9,11-13H,4,7-8,10H2,1-2H3. The summed E-state index contributed by atoms with van der Waals surface area (Å²) in [5.41, 5.74) is 4.46. The van der Waals surface area contributed by atoms with Crippen LogP contribution < -0.4 is 4.90 Å². The highest BCUT2D eigenvalue weighted by Gasteiger charge is 2.20. The van der Waals surface area contributed by atoms with Gasteiger partial charge in [-0.3, -0.25) is 0 Å². The lowest BCUT2D eigenvalue weighted by Crippen LogP contribution is -2.37. The fourth-order valence-electron chi connectivity index (χ4n) is 2.99. The Balaban J connectivity index is 1.68. The summed E-state index contributed by atoms with van der Waals surface area (Å²) in [6.07, 6.45) is 4.76. The van der Waals surface area contributed by atoms with Crippen molar-refractivity contribution in [1.82, 2.24) is 19.5 Å². The summed E-state index contributed by atoms with van der Waals surface area (Å²) in [6.45, 7) is 7.36. The smallest absolute Gasteiger partial charge is 0.165 e. The van der Waals surface area contributed by atoms with Crippen LogP contribution in [0.3, 0.4) is 0 Å². The quantitative estimate of drug-likeness (QED) is 0.742. The summed E-state index contributed by atoms with van der Waals surface area (Å²) < 4.78 is 2.11. The van der Waals surface area contributed by atoms with Crippen LogP contribution in [0.5, 0.6) is 0 Å². The molecule has 0 aliphatic carbocycles. The van der Waals surface area contributed by atoms with Crippen LogP contribution in [0.25, 0.3) is 11.2 Å². The molecule has 5 heteroatoms. The molecule has 3 heterocycles. The van der Waals surface area contributed by atoms with E-state index in [0.717, 1.165) is 36.6 Å². The summed E-state index contributed by atoms with van der Waals surface area (Å²) in [5, 5.41) is 0. The Bertz CT molecular complexity index is 832. The van der Waals surface area contributed by atoms with Gasteiger partial charge < -0.3 is 9.47 Å². The molecular formula is C18H21N5. The number of benzene rings is 1. The minimum absolute atomic E-state index is 0.537. The van der Waals surface area contributed by atoms with Gasteiger partial charge >= 0.3 is 0 Å². The molecule has 0 bridgehead atoms. The molecule has 1 aromatic carbocycles. The third kappa shape index (κ3) is 2.56. The minimum atomic E-state index is 0.537. The van der Waals surface area contributed by atoms with Crippen molar-refractivity contribution in [3.05, 3.63) is 48.0 Å². The van der Waals surface area contributed by atoms with Crippen LogP contribution in [0.1, 0.15) is 37.3 Å². The SMILES string of the molecule is CC(C)c1cccc(Cn2cnc3c(N4CCC4)ncnc32)c1. The second-order valence-corrected chi connectivity index (χ2v) is 6.48. The van der Waals surface area contributed by atoms with Gasteiger partial charge in [-0.2, -0.15) is 0 Å². The summed E-state index contributed by atoms with van der Waals surface area (Å²) in [6, 6.07) is 8.75. The number of aromatic nitrogens is 4. The number of fused-ring (bicyclic) bond motifs is 1. The summed E-state index contributed by atoms with van der Waals surface area (Å²) in [4.78, 5) is 15.7. The van der Waals surface area contributed by atoms with Crippen molar-refractivity contribution in [2.75, 3.05) is 18.0 Å². The van der Waals surface area contributed by atoms with Gasteiger partial charge in [0.15, 0.2) is 17.0 Å². The fourth-order valence-corrected chi connectivity index (χ4v) is 2.99. The van der Waals surface area contributed by atoms with Gasteiger partial charge in [-0.15, -0.1) is 0 Å². The van der Waals surface area contributed by atoms with Gasteiger partial charge in [-0.1, -0.05) is 38.1 Å². The highest BCUT2D eigenvalue weighted by Crippen LogP contribution is 2.25. The molecule has 1 aliphatic rings. The Hall–Kier alpha value is -2.43. The van der Waals surface area contributed by atoms with Crippen molar-refractivity contribution in [3.63, 3.8) is 0 Å². The number of imidazole rings is 1. The van der Waals surface area contributed by atoms with Gasteiger partial charge in [0.2, 0.25) is 0 Å². The van der Waals surface area contributed by atoms with Crippen LogP contribution in [-0.2, 0) is 6.54 Å². The monoisotopic (exact) mass is 307 g/mol. The van der Waals surface area contributed by atoms with Gasteiger partial charge in [0.25, 0.3) is 0 Å². The summed E-state index contributed by atoms with van der Waals surface area (Å²) in [7, 11) is 0. The van der Waals surface area contributed by atoms with E-state index in [2.05, 4.69) is 62.5 Å². The molecule has 1 saturated heterocycles. The predicted octanol–water partition coefficient (Wildman–Crippen LogP) is 3.21. The first-order chi connectivity index (χ1) is 11.2. The van der Waals surface area contributed by atoms with E-state index in [9.17, 15) is 0 Å². The van der Waals surface area contributed by atoms with Crippen molar-refractivity contribution in [1.29, 1.82) is 0 Å². The number of hydrogen-bond acceptors (Lipinski definition) is 4. The predicted molar refractivity (Wildman–Crippen MR) is 91.8 cm³/mol. The maximum Gasteiger partial charge on any atom is 0.165 e.